The van der Waals surface area contributed by atoms with Crippen LogP contribution in [0.15, 0.2) is 41.6 Å². The van der Waals surface area contributed by atoms with E-state index in [1.807, 2.05) is 19.2 Å². The van der Waals surface area contributed by atoms with Crippen LogP contribution >= 0.6 is 0 Å². The van der Waals surface area contributed by atoms with Crippen molar-refractivity contribution in [2.24, 2.45) is 7.05 Å². The quantitative estimate of drug-likeness (QED) is 0.430. The molecular weight excluding hydrogens is 358 g/mol. The molecule has 0 fully saturated rings. The average Bonchev–Trinajstić information content (AvgIpc) is 3.06. The minimum Gasteiger partial charge on any atom is -0.368 e. The molecule has 4 aromatic heterocycles. The number of aromatic amines is 1. The predicted octanol–water partition coefficient (Wildman–Crippen LogP) is 1.34. The Kier molecular flexibility index (Phi) is 4.67. The maximum Gasteiger partial charge on any atom is 0.252 e. The van der Waals surface area contributed by atoms with Crippen LogP contribution in [-0.2, 0) is 7.05 Å². The molecular formula is C18H19N9O. The molecule has 0 spiro atoms. The molecule has 0 amide bonds. The Balaban J connectivity index is 1.53. The zero-order valence-electron chi connectivity index (χ0n) is 15.5. The number of aromatic nitrogens is 7. The second-order valence-corrected chi connectivity index (χ2v) is 6.23. The van der Waals surface area contributed by atoms with Gasteiger partial charge in [0.2, 0.25) is 5.95 Å². The predicted molar refractivity (Wildman–Crippen MR) is 106 cm³/mol. The molecule has 0 aromatic carbocycles. The van der Waals surface area contributed by atoms with E-state index in [9.17, 15) is 4.79 Å². The number of anilines is 2. The molecule has 0 saturated heterocycles. The van der Waals surface area contributed by atoms with Crippen LogP contribution in [0.3, 0.4) is 0 Å². The fourth-order valence-corrected chi connectivity index (χ4v) is 2.81. The van der Waals surface area contributed by atoms with Crippen LogP contribution in [0.4, 0.5) is 11.8 Å². The van der Waals surface area contributed by atoms with Crippen LogP contribution in [-0.4, -0.2) is 47.8 Å². The molecule has 4 aromatic rings. The number of pyridine rings is 1. The highest BCUT2D eigenvalue weighted by Crippen LogP contribution is 2.23. The van der Waals surface area contributed by atoms with E-state index in [1.165, 1.54) is 6.07 Å². The summed E-state index contributed by atoms with van der Waals surface area (Å²) in [6.45, 7) is 2.88. The summed E-state index contributed by atoms with van der Waals surface area (Å²) in [5, 5.41) is 11.5. The van der Waals surface area contributed by atoms with E-state index in [0.717, 1.165) is 16.6 Å². The Morgan fingerprint density at radius 1 is 1.14 bits per heavy atom. The number of rotatable bonds is 6. The Morgan fingerprint density at radius 3 is 2.79 bits per heavy atom. The summed E-state index contributed by atoms with van der Waals surface area (Å²) in [5.74, 6) is 1.70. The lowest BCUT2D eigenvalue weighted by molar-refractivity contribution is 0.786. The van der Waals surface area contributed by atoms with Crippen molar-refractivity contribution >= 4 is 22.8 Å². The molecule has 0 aliphatic rings. The van der Waals surface area contributed by atoms with Crippen LogP contribution in [0.2, 0.25) is 0 Å². The number of aryl methyl sites for hydroxylation is 2. The third-order valence-electron chi connectivity index (χ3n) is 4.09. The molecule has 3 N–H and O–H groups in total. The Bertz CT molecular complexity index is 1170. The van der Waals surface area contributed by atoms with Crippen molar-refractivity contribution in [2.75, 3.05) is 23.7 Å². The zero-order chi connectivity index (χ0) is 19.5. The first-order chi connectivity index (χ1) is 13.6. The summed E-state index contributed by atoms with van der Waals surface area (Å²) >= 11 is 0. The molecule has 4 heterocycles. The Hall–Kier alpha value is -3.82. The van der Waals surface area contributed by atoms with Gasteiger partial charge in [-0.3, -0.25) is 19.4 Å². The largest absolute Gasteiger partial charge is 0.368 e. The van der Waals surface area contributed by atoms with Crippen molar-refractivity contribution in [3.8, 4) is 11.4 Å². The molecule has 0 aliphatic carbocycles. The van der Waals surface area contributed by atoms with Crippen molar-refractivity contribution in [3.05, 3.63) is 52.8 Å². The van der Waals surface area contributed by atoms with Gasteiger partial charge in [0.25, 0.3) is 5.56 Å². The number of nitrogens with one attached hydrogen (secondary N) is 3. The Labute approximate surface area is 160 Å². The molecule has 0 saturated carbocycles. The van der Waals surface area contributed by atoms with Crippen molar-refractivity contribution in [1.82, 2.24) is 34.7 Å². The minimum absolute atomic E-state index is 0.183. The SMILES string of the molecule is Cc1cc(=O)[nH]c(NCCNc2nc(-c3cccnc3)nc3c2cnn3C)n1. The van der Waals surface area contributed by atoms with Gasteiger partial charge in [-0.15, -0.1) is 0 Å². The van der Waals surface area contributed by atoms with Crippen LogP contribution in [0.25, 0.3) is 22.4 Å². The second kappa shape index (κ2) is 7.43. The van der Waals surface area contributed by atoms with E-state index in [1.54, 1.807) is 30.2 Å². The molecule has 0 radical (unpaired) electrons. The maximum atomic E-state index is 11.5. The number of fused-ring (bicyclic) bond motifs is 1. The first-order valence-electron chi connectivity index (χ1n) is 8.76. The highest BCUT2D eigenvalue weighted by atomic mass is 16.1. The van der Waals surface area contributed by atoms with E-state index in [-0.39, 0.29) is 5.56 Å². The van der Waals surface area contributed by atoms with Gasteiger partial charge in [-0.05, 0) is 19.1 Å². The third-order valence-corrected chi connectivity index (χ3v) is 4.09. The second-order valence-electron chi connectivity index (χ2n) is 6.23. The molecule has 0 bridgehead atoms. The Morgan fingerprint density at radius 2 is 2.00 bits per heavy atom. The van der Waals surface area contributed by atoms with Gasteiger partial charge in [0, 0.05) is 49.9 Å². The van der Waals surface area contributed by atoms with Gasteiger partial charge in [-0.2, -0.15) is 5.10 Å². The normalized spacial score (nSPS) is 10.9. The summed E-state index contributed by atoms with van der Waals surface area (Å²) in [6, 6.07) is 5.21. The van der Waals surface area contributed by atoms with E-state index in [0.29, 0.717) is 36.4 Å². The van der Waals surface area contributed by atoms with Gasteiger partial charge in [0.05, 0.1) is 11.6 Å². The molecule has 0 unspecified atom stereocenters. The van der Waals surface area contributed by atoms with E-state index in [2.05, 4.69) is 40.7 Å². The van der Waals surface area contributed by atoms with Crippen molar-refractivity contribution in [3.63, 3.8) is 0 Å². The standard InChI is InChI=1S/C18H19N9O/c1-11-8-14(28)24-18(23-11)21-7-6-20-16-13-10-22-27(2)17(13)26-15(25-16)12-4-3-5-19-9-12/h3-5,8-10H,6-7H2,1-2H3,(H,20,25,26)(H2,21,23,24,28). The lowest BCUT2D eigenvalue weighted by Gasteiger charge is -2.10. The van der Waals surface area contributed by atoms with E-state index < -0.39 is 0 Å². The highest BCUT2D eigenvalue weighted by molar-refractivity contribution is 5.88. The van der Waals surface area contributed by atoms with Crippen LogP contribution < -0.4 is 16.2 Å². The molecule has 0 atom stereocenters. The van der Waals surface area contributed by atoms with E-state index in [4.69, 9.17) is 0 Å². The number of H-pyrrole nitrogens is 1. The third kappa shape index (κ3) is 3.65. The maximum absolute atomic E-state index is 11.5. The topological polar surface area (TPSA) is 126 Å². The minimum atomic E-state index is -0.183. The fraction of sp³-hybridized carbons (Fsp3) is 0.222. The zero-order valence-corrected chi connectivity index (χ0v) is 15.5. The van der Waals surface area contributed by atoms with Crippen LogP contribution in [0.5, 0.6) is 0 Å². The van der Waals surface area contributed by atoms with Crippen LogP contribution in [0.1, 0.15) is 5.69 Å². The van der Waals surface area contributed by atoms with E-state index >= 15 is 0 Å². The van der Waals surface area contributed by atoms with Gasteiger partial charge >= 0.3 is 0 Å². The summed E-state index contributed by atoms with van der Waals surface area (Å²) in [4.78, 5) is 31.8. The average molecular weight is 377 g/mol. The van der Waals surface area contributed by atoms with Crippen molar-refractivity contribution in [2.45, 2.75) is 6.92 Å². The van der Waals surface area contributed by atoms with Gasteiger partial charge in [0.15, 0.2) is 11.5 Å². The number of hydrogen-bond donors (Lipinski definition) is 3. The fourth-order valence-electron chi connectivity index (χ4n) is 2.81. The van der Waals surface area contributed by atoms with Gasteiger partial charge in [-0.25, -0.2) is 15.0 Å². The molecule has 0 aliphatic heterocycles. The summed E-state index contributed by atoms with van der Waals surface area (Å²) in [5.41, 5.74) is 2.03. The molecule has 10 nitrogen and oxygen atoms in total. The molecule has 4 rings (SSSR count). The first-order valence-corrected chi connectivity index (χ1v) is 8.76. The van der Waals surface area contributed by atoms with Gasteiger partial charge < -0.3 is 10.6 Å². The number of nitrogens with zero attached hydrogens (tertiary/aromatic N) is 6. The smallest absolute Gasteiger partial charge is 0.252 e. The molecule has 142 valence electrons. The lowest BCUT2D eigenvalue weighted by Crippen LogP contribution is -2.19. The monoisotopic (exact) mass is 377 g/mol. The van der Waals surface area contributed by atoms with Gasteiger partial charge in [0.1, 0.15) is 5.82 Å². The molecule has 28 heavy (non-hydrogen) atoms. The lowest BCUT2D eigenvalue weighted by atomic mass is 10.2. The highest BCUT2D eigenvalue weighted by Gasteiger charge is 2.12. The van der Waals surface area contributed by atoms with Crippen molar-refractivity contribution in [1.29, 1.82) is 0 Å². The summed E-state index contributed by atoms with van der Waals surface area (Å²) < 4.78 is 1.71. The summed E-state index contributed by atoms with van der Waals surface area (Å²) in [7, 11) is 1.84. The first kappa shape index (κ1) is 17.6. The number of hydrogen-bond acceptors (Lipinski definition) is 8. The summed E-state index contributed by atoms with van der Waals surface area (Å²) in [6.07, 6.45) is 5.17. The van der Waals surface area contributed by atoms with Gasteiger partial charge in [-0.1, -0.05) is 0 Å². The van der Waals surface area contributed by atoms with Crippen LogP contribution in [0, 0.1) is 6.92 Å². The van der Waals surface area contributed by atoms with Crippen molar-refractivity contribution < 1.29 is 0 Å². The molecule has 10 heteroatoms.